The Bertz CT molecular complexity index is 318. The van der Waals surface area contributed by atoms with Gasteiger partial charge in [0.05, 0.1) is 5.16 Å². The van der Waals surface area contributed by atoms with E-state index < -0.39 is 0 Å². The van der Waals surface area contributed by atoms with E-state index in [9.17, 15) is 0 Å². The van der Waals surface area contributed by atoms with Crippen LogP contribution in [-0.2, 0) is 0 Å². The summed E-state index contributed by atoms with van der Waals surface area (Å²) in [6.45, 7) is 1.92. The SMILES string of the molecule is Cc1cc(Br)cnc1N=C=S. The molecule has 0 aliphatic rings. The average molecular weight is 229 g/mol. The Balaban J connectivity index is 3.19. The number of hydrogen-bond acceptors (Lipinski definition) is 3. The lowest BCUT2D eigenvalue weighted by Crippen LogP contribution is -1.78. The number of pyridine rings is 1. The standard InChI is InChI=1S/C7H5BrN2S/c1-5-2-6(8)3-9-7(5)10-4-11/h2-3H,1H3. The molecule has 0 fully saturated rings. The molecule has 0 bridgehead atoms. The number of rotatable bonds is 1. The zero-order chi connectivity index (χ0) is 8.27. The maximum atomic E-state index is 4.46. The number of aromatic nitrogens is 1. The van der Waals surface area contributed by atoms with Gasteiger partial charge in [0.25, 0.3) is 0 Å². The number of aliphatic imine (C=N–C) groups is 1. The Hall–Kier alpha value is -0.570. The summed E-state index contributed by atoms with van der Waals surface area (Å²) >= 11 is 7.75. The van der Waals surface area contributed by atoms with Crippen LogP contribution in [0.25, 0.3) is 0 Å². The molecule has 0 N–H and O–H groups in total. The number of thiocarbonyl (C=S) groups is 1. The van der Waals surface area contributed by atoms with Gasteiger partial charge in [0.1, 0.15) is 0 Å². The van der Waals surface area contributed by atoms with Crippen LogP contribution in [0.4, 0.5) is 5.82 Å². The van der Waals surface area contributed by atoms with E-state index in [4.69, 9.17) is 0 Å². The Labute approximate surface area is 78.5 Å². The first-order valence-electron chi connectivity index (χ1n) is 2.94. The minimum atomic E-state index is 0.628. The molecule has 1 aromatic heterocycles. The van der Waals surface area contributed by atoms with Crippen LogP contribution in [0.3, 0.4) is 0 Å². The van der Waals surface area contributed by atoms with Gasteiger partial charge in [-0.1, -0.05) is 0 Å². The Morgan fingerprint density at radius 3 is 3.00 bits per heavy atom. The van der Waals surface area contributed by atoms with Gasteiger partial charge in [0.2, 0.25) is 0 Å². The van der Waals surface area contributed by atoms with Crippen LogP contribution in [0.5, 0.6) is 0 Å². The van der Waals surface area contributed by atoms with Gasteiger partial charge < -0.3 is 0 Å². The van der Waals surface area contributed by atoms with E-state index in [0.29, 0.717) is 5.82 Å². The lowest BCUT2D eigenvalue weighted by Gasteiger charge is -1.95. The average Bonchev–Trinajstić information content (AvgIpc) is 1.95. The summed E-state index contributed by atoms with van der Waals surface area (Å²) in [6.07, 6.45) is 1.68. The monoisotopic (exact) mass is 228 g/mol. The molecule has 4 heteroatoms. The summed E-state index contributed by atoms with van der Waals surface area (Å²) in [5, 5.41) is 2.27. The highest BCUT2D eigenvalue weighted by Gasteiger charge is 1.96. The van der Waals surface area contributed by atoms with E-state index in [-0.39, 0.29) is 0 Å². The first-order valence-corrected chi connectivity index (χ1v) is 4.14. The van der Waals surface area contributed by atoms with Gasteiger partial charge in [-0.15, -0.1) is 0 Å². The van der Waals surface area contributed by atoms with E-state index in [1.54, 1.807) is 6.20 Å². The number of nitrogens with zero attached hydrogens (tertiary/aromatic N) is 2. The van der Waals surface area contributed by atoms with Gasteiger partial charge >= 0.3 is 0 Å². The van der Waals surface area contributed by atoms with Crippen LogP contribution >= 0.6 is 28.1 Å². The molecule has 0 aromatic carbocycles. The molecule has 0 radical (unpaired) electrons. The summed E-state index contributed by atoms with van der Waals surface area (Å²) < 4.78 is 0.943. The van der Waals surface area contributed by atoms with E-state index >= 15 is 0 Å². The molecule has 0 atom stereocenters. The fourth-order valence-electron chi connectivity index (χ4n) is 0.694. The quantitative estimate of drug-likeness (QED) is 0.546. The van der Waals surface area contributed by atoms with Crippen LogP contribution in [0.15, 0.2) is 21.7 Å². The second-order valence-corrected chi connectivity index (χ2v) is 3.10. The minimum Gasteiger partial charge on any atom is -0.235 e. The molecule has 56 valence electrons. The van der Waals surface area contributed by atoms with Gasteiger partial charge in [-0.05, 0) is 46.7 Å². The van der Waals surface area contributed by atoms with Crippen LogP contribution in [0.1, 0.15) is 5.56 Å². The Kier molecular flexibility index (Phi) is 2.88. The van der Waals surface area contributed by atoms with Crippen LogP contribution < -0.4 is 0 Å². The van der Waals surface area contributed by atoms with Crippen molar-refractivity contribution in [2.45, 2.75) is 6.92 Å². The largest absolute Gasteiger partial charge is 0.235 e. The third-order valence-corrected chi connectivity index (χ3v) is 1.69. The molecule has 11 heavy (non-hydrogen) atoms. The van der Waals surface area contributed by atoms with Crippen molar-refractivity contribution in [3.63, 3.8) is 0 Å². The molecule has 0 aliphatic carbocycles. The molecule has 0 amide bonds. The summed E-state index contributed by atoms with van der Waals surface area (Å²) in [6, 6.07) is 1.93. The first kappa shape index (κ1) is 8.53. The zero-order valence-electron chi connectivity index (χ0n) is 5.84. The van der Waals surface area contributed by atoms with Crippen molar-refractivity contribution in [1.82, 2.24) is 4.98 Å². The van der Waals surface area contributed by atoms with E-state index in [0.717, 1.165) is 10.0 Å². The number of isothiocyanates is 1. The highest BCUT2D eigenvalue weighted by Crippen LogP contribution is 2.18. The molecule has 2 nitrogen and oxygen atoms in total. The normalized spacial score (nSPS) is 8.91. The topological polar surface area (TPSA) is 25.2 Å². The fraction of sp³-hybridized carbons (Fsp3) is 0.143. The maximum Gasteiger partial charge on any atom is 0.165 e. The Morgan fingerprint density at radius 2 is 2.45 bits per heavy atom. The lowest BCUT2D eigenvalue weighted by molar-refractivity contribution is 1.22. The predicted octanol–water partition coefficient (Wildman–Crippen LogP) is 2.89. The van der Waals surface area contributed by atoms with Crippen molar-refractivity contribution in [2.24, 2.45) is 4.99 Å². The van der Waals surface area contributed by atoms with Crippen molar-refractivity contribution in [3.05, 3.63) is 22.3 Å². The van der Waals surface area contributed by atoms with Gasteiger partial charge in [-0.3, -0.25) is 0 Å². The third kappa shape index (κ3) is 2.19. The summed E-state index contributed by atoms with van der Waals surface area (Å²) in [7, 11) is 0. The highest BCUT2D eigenvalue weighted by atomic mass is 79.9. The molecule has 1 aromatic rings. The van der Waals surface area contributed by atoms with Crippen LogP contribution in [0, 0.1) is 6.92 Å². The molecular formula is C7H5BrN2S. The smallest absolute Gasteiger partial charge is 0.165 e. The van der Waals surface area contributed by atoms with E-state index in [1.165, 1.54) is 0 Å². The molecular weight excluding hydrogens is 224 g/mol. The third-order valence-electron chi connectivity index (χ3n) is 1.17. The van der Waals surface area contributed by atoms with Gasteiger partial charge in [-0.2, -0.15) is 4.99 Å². The molecule has 0 unspecified atom stereocenters. The maximum absolute atomic E-state index is 4.46. The van der Waals surface area contributed by atoms with Crippen molar-refractivity contribution in [2.75, 3.05) is 0 Å². The second kappa shape index (κ2) is 3.72. The zero-order valence-corrected chi connectivity index (χ0v) is 8.24. The van der Waals surface area contributed by atoms with Crippen LogP contribution in [-0.4, -0.2) is 10.1 Å². The van der Waals surface area contributed by atoms with Crippen molar-refractivity contribution in [3.8, 4) is 0 Å². The van der Waals surface area contributed by atoms with Crippen molar-refractivity contribution in [1.29, 1.82) is 0 Å². The van der Waals surface area contributed by atoms with Crippen molar-refractivity contribution >= 4 is 39.1 Å². The summed E-state index contributed by atoms with van der Waals surface area (Å²) in [4.78, 5) is 7.81. The molecule has 0 aliphatic heterocycles. The van der Waals surface area contributed by atoms with Crippen molar-refractivity contribution < 1.29 is 0 Å². The molecule has 1 heterocycles. The Morgan fingerprint density at radius 1 is 1.73 bits per heavy atom. The lowest BCUT2D eigenvalue weighted by atomic mass is 10.3. The van der Waals surface area contributed by atoms with Gasteiger partial charge in [0, 0.05) is 10.7 Å². The molecule has 0 spiro atoms. The fourth-order valence-corrected chi connectivity index (χ4v) is 1.23. The van der Waals surface area contributed by atoms with Crippen LogP contribution in [0.2, 0.25) is 0 Å². The van der Waals surface area contributed by atoms with Gasteiger partial charge in [0.15, 0.2) is 5.82 Å². The van der Waals surface area contributed by atoms with E-state index in [1.807, 2.05) is 13.0 Å². The minimum absolute atomic E-state index is 0.628. The first-order chi connectivity index (χ1) is 5.24. The predicted molar refractivity (Wildman–Crippen MR) is 51.4 cm³/mol. The second-order valence-electron chi connectivity index (χ2n) is 2.00. The molecule has 1 rings (SSSR count). The molecule has 0 saturated heterocycles. The molecule has 0 saturated carbocycles. The number of halogens is 1. The number of hydrogen-bond donors (Lipinski definition) is 0. The van der Waals surface area contributed by atoms with Gasteiger partial charge in [-0.25, -0.2) is 4.98 Å². The summed E-state index contributed by atoms with van der Waals surface area (Å²) in [5.41, 5.74) is 0.983. The highest BCUT2D eigenvalue weighted by molar-refractivity contribution is 9.10. The summed E-state index contributed by atoms with van der Waals surface area (Å²) in [5.74, 6) is 0.628. The number of aryl methyl sites for hydroxylation is 1. The van der Waals surface area contributed by atoms with E-state index in [2.05, 4.69) is 43.3 Å².